The van der Waals surface area contributed by atoms with Gasteiger partial charge in [-0.1, -0.05) is 83.4 Å². The zero-order valence-corrected chi connectivity index (χ0v) is 39.7. The van der Waals surface area contributed by atoms with E-state index < -0.39 is 51.6 Å². The number of ketones is 1. The molecule has 16 heteroatoms. The number of likely N-dealkylation sites (N-methyl/N-ethyl adjacent to an activating group) is 1. The van der Waals surface area contributed by atoms with Crippen LogP contribution in [0.5, 0.6) is 0 Å². The molecule has 0 unspecified atom stereocenters. The highest BCUT2D eigenvalue weighted by Gasteiger charge is 2.42. The first-order chi connectivity index (χ1) is 28.6. The van der Waals surface area contributed by atoms with Gasteiger partial charge in [-0.15, -0.1) is 0 Å². The molecule has 0 aromatic heterocycles. The Balaban J connectivity index is 2.28. The molecule has 61 heavy (non-hydrogen) atoms. The van der Waals surface area contributed by atoms with E-state index >= 15 is 0 Å². The van der Waals surface area contributed by atoms with Crippen LogP contribution in [0.25, 0.3) is 10.4 Å². The van der Waals surface area contributed by atoms with Crippen molar-refractivity contribution in [3.8, 4) is 0 Å². The van der Waals surface area contributed by atoms with Gasteiger partial charge in [-0.25, -0.2) is 8.42 Å². The fourth-order valence-corrected chi connectivity index (χ4v) is 9.96. The average Bonchev–Trinajstić information content (AvgIpc) is 3.70. The fraction of sp³-hybridized carbons (Fsp3) is 0.756. The highest BCUT2D eigenvalue weighted by Crippen LogP contribution is 2.33. The van der Waals surface area contributed by atoms with Crippen LogP contribution in [-0.2, 0) is 45.2 Å². The second-order valence-electron chi connectivity index (χ2n) is 17.9. The minimum atomic E-state index is -4.04. The average molecular weight is 874 g/mol. The number of benzene rings is 1. The van der Waals surface area contributed by atoms with Crippen LogP contribution in [0, 0.1) is 35.5 Å². The first kappa shape index (κ1) is 53.1. The van der Waals surface area contributed by atoms with Crippen LogP contribution in [0.2, 0.25) is 0 Å². The van der Waals surface area contributed by atoms with Gasteiger partial charge in [0.25, 0.3) is 0 Å². The molecule has 8 atom stereocenters. The number of carbonyl (C=O) groups is 5. The molecular weight excluding hydrogens is 799 g/mol. The lowest BCUT2D eigenvalue weighted by Gasteiger charge is -2.41. The number of sulfonamides is 1. The summed E-state index contributed by atoms with van der Waals surface area (Å²) in [6.07, 6.45) is 1.62. The van der Waals surface area contributed by atoms with Crippen molar-refractivity contribution in [2.24, 2.45) is 40.6 Å². The van der Waals surface area contributed by atoms with E-state index in [0.717, 1.165) is 18.4 Å². The summed E-state index contributed by atoms with van der Waals surface area (Å²) >= 11 is 0. The lowest BCUT2D eigenvalue weighted by Crippen LogP contribution is -2.54. The number of amides is 4. The van der Waals surface area contributed by atoms with Crippen molar-refractivity contribution >= 4 is 39.4 Å². The third-order valence-electron chi connectivity index (χ3n) is 12.7. The van der Waals surface area contributed by atoms with Gasteiger partial charge in [0.2, 0.25) is 33.7 Å². The van der Waals surface area contributed by atoms with Crippen LogP contribution >= 0.6 is 0 Å². The van der Waals surface area contributed by atoms with Crippen LogP contribution in [0.4, 0.5) is 0 Å². The van der Waals surface area contributed by atoms with E-state index in [1.165, 1.54) is 0 Å². The zero-order chi connectivity index (χ0) is 46.2. The van der Waals surface area contributed by atoms with E-state index in [9.17, 15) is 32.4 Å². The lowest BCUT2D eigenvalue weighted by atomic mass is 9.81. The van der Waals surface area contributed by atoms with Crippen LogP contribution in [0.3, 0.4) is 0 Å². The standard InChI is InChI=1S/C45H75N7O8S/c1-13-32(8)43(50(11)45(57)37(29(2)3)27-42(55)52(30(4)5)31(6)7)40(60-12)28-41(54)51-23-17-21-38(51)33(9)34(10)39(53)26-36(25-35-19-15-14-16-20-35)44(56)48-61(58,59)24-18-22-47-49-46/h14-16,19-20,29-34,36-38,40,43H,13,17-18,21-28H2,1-12H3,(H,48,56)/t32-,33+,34+,36+,37-,38-,40+,43-/m0/s1. The van der Waals surface area contributed by atoms with E-state index in [4.69, 9.17) is 10.3 Å². The Morgan fingerprint density at radius 2 is 1.59 bits per heavy atom. The highest BCUT2D eigenvalue weighted by molar-refractivity contribution is 7.90. The Kier molecular flexibility index (Phi) is 21.9. The number of carbonyl (C=O) groups excluding carboxylic acids is 5. The van der Waals surface area contributed by atoms with Crippen molar-refractivity contribution < 1.29 is 37.1 Å². The van der Waals surface area contributed by atoms with Gasteiger partial charge in [0.15, 0.2) is 0 Å². The van der Waals surface area contributed by atoms with Crippen molar-refractivity contribution in [2.45, 2.75) is 151 Å². The molecule has 0 spiro atoms. The molecular formula is C45H75N7O8S. The lowest BCUT2D eigenvalue weighted by molar-refractivity contribution is -0.150. The molecule has 4 amide bonds. The first-order valence-electron chi connectivity index (χ1n) is 22.1. The summed E-state index contributed by atoms with van der Waals surface area (Å²) in [6.45, 7) is 20.1. The Morgan fingerprint density at radius 3 is 2.13 bits per heavy atom. The van der Waals surface area contributed by atoms with E-state index in [2.05, 4.69) is 14.7 Å². The molecule has 0 aliphatic carbocycles. The van der Waals surface area contributed by atoms with Crippen LogP contribution in [0.15, 0.2) is 35.4 Å². The quantitative estimate of drug-likeness (QED) is 0.0454. The molecule has 0 radical (unpaired) electrons. The van der Waals surface area contributed by atoms with Gasteiger partial charge in [0.1, 0.15) is 5.78 Å². The third-order valence-corrected chi connectivity index (χ3v) is 14.0. The maximum absolute atomic E-state index is 14.3. The first-order valence-corrected chi connectivity index (χ1v) is 23.8. The number of Topliss-reactive ketones (excluding diaryl/α,β-unsaturated/α-hetero) is 1. The monoisotopic (exact) mass is 874 g/mol. The largest absolute Gasteiger partial charge is 0.379 e. The summed E-state index contributed by atoms with van der Waals surface area (Å²) in [6, 6.07) is 8.36. The summed E-state index contributed by atoms with van der Waals surface area (Å²) in [7, 11) is -0.740. The molecule has 2 rings (SSSR count). The van der Waals surface area contributed by atoms with Crippen molar-refractivity contribution in [1.29, 1.82) is 0 Å². The number of likely N-dealkylation sites (tertiary alicyclic amines) is 1. The van der Waals surface area contributed by atoms with Gasteiger partial charge in [-0.2, -0.15) is 0 Å². The Bertz CT molecular complexity index is 1740. The molecule has 1 aromatic rings. The third kappa shape index (κ3) is 15.7. The summed E-state index contributed by atoms with van der Waals surface area (Å²) in [5.74, 6) is -4.24. The van der Waals surface area contributed by atoms with Crippen LogP contribution < -0.4 is 4.72 Å². The van der Waals surface area contributed by atoms with Gasteiger partial charge >= 0.3 is 0 Å². The number of hydrogen-bond donors (Lipinski definition) is 1. The summed E-state index contributed by atoms with van der Waals surface area (Å²) < 4.78 is 33.7. The predicted molar refractivity (Wildman–Crippen MR) is 238 cm³/mol. The topological polar surface area (TPSA) is 199 Å². The number of hydrogen-bond acceptors (Lipinski definition) is 9. The predicted octanol–water partition coefficient (Wildman–Crippen LogP) is 6.80. The van der Waals surface area contributed by atoms with Crippen molar-refractivity contribution in [3.63, 3.8) is 0 Å². The molecule has 0 bridgehead atoms. The number of rotatable bonds is 26. The molecule has 1 heterocycles. The highest BCUT2D eigenvalue weighted by atomic mass is 32.2. The van der Waals surface area contributed by atoms with E-state index in [1.54, 1.807) is 26.0 Å². The van der Waals surface area contributed by atoms with Crippen molar-refractivity contribution in [2.75, 3.05) is 33.0 Å². The zero-order valence-electron chi connectivity index (χ0n) is 38.9. The van der Waals surface area contributed by atoms with Gasteiger partial charge in [0.05, 0.1) is 24.3 Å². The summed E-state index contributed by atoms with van der Waals surface area (Å²) in [5, 5.41) is 3.35. The molecule has 1 aliphatic rings. The number of ether oxygens (including phenoxy) is 1. The number of methoxy groups -OCH3 is 1. The van der Waals surface area contributed by atoms with Gasteiger partial charge < -0.3 is 19.4 Å². The maximum atomic E-state index is 14.3. The molecule has 1 aliphatic heterocycles. The van der Waals surface area contributed by atoms with Crippen LogP contribution in [-0.4, -0.2) is 116 Å². The molecule has 1 aromatic carbocycles. The Hall–Kier alpha value is -4.01. The van der Waals surface area contributed by atoms with Gasteiger partial charge in [-0.05, 0) is 82.2 Å². The molecule has 1 saturated heterocycles. The molecule has 1 fully saturated rings. The minimum absolute atomic E-state index is 0.00822. The van der Waals surface area contributed by atoms with E-state index in [1.807, 2.05) is 102 Å². The van der Waals surface area contributed by atoms with Gasteiger partial charge in [0, 0.05) is 80.9 Å². The van der Waals surface area contributed by atoms with Crippen LogP contribution in [0.1, 0.15) is 120 Å². The fourth-order valence-electron chi connectivity index (χ4n) is 8.87. The number of azide groups is 1. The maximum Gasteiger partial charge on any atom is 0.237 e. The Labute approximate surface area is 365 Å². The van der Waals surface area contributed by atoms with E-state index in [-0.39, 0.29) is 98.0 Å². The SMILES string of the molecule is CC[C@H](C)[C@@H]([C@@H](CC(=O)N1CCC[C@H]1[C@H](C)[C@@H](C)C(=O)C[C@@H](Cc1ccccc1)C(=O)NS(=O)(=O)CCCN=[N+]=[N-])OC)N(C)C(=O)[C@@H](CC(=O)N(C(C)C)C(C)C)C(C)C. The normalized spacial score (nSPS) is 17.8. The number of nitrogens with zero attached hydrogens (tertiary/aromatic N) is 6. The minimum Gasteiger partial charge on any atom is -0.379 e. The molecule has 15 nitrogen and oxygen atoms in total. The molecule has 344 valence electrons. The molecule has 1 N–H and O–H groups in total. The van der Waals surface area contributed by atoms with Crippen molar-refractivity contribution in [3.05, 3.63) is 46.3 Å². The second kappa shape index (κ2) is 25.2. The van der Waals surface area contributed by atoms with Gasteiger partial charge in [-0.3, -0.25) is 28.7 Å². The smallest absolute Gasteiger partial charge is 0.237 e. The Morgan fingerprint density at radius 1 is 0.967 bits per heavy atom. The summed E-state index contributed by atoms with van der Waals surface area (Å²) in [4.78, 5) is 77.7. The second-order valence-corrected chi connectivity index (χ2v) is 19.8. The summed E-state index contributed by atoms with van der Waals surface area (Å²) in [5.41, 5.74) is 9.28. The van der Waals surface area contributed by atoms with E-state index in [0.29, 0.717) is 13.0 Å². The molecule has 0 saturated carbocycles. The number of nitrogens with one attached hydrogen (secondary N) is 1. The van der Waals surface area contributed by atoms with Crippen molar-refractivity contribution in [1.82, 2.24) is 19.4 Å².